The molecule has 0 amide bonds. The zero-order valence-corrected chi connectivity index (χ0v) is 37.9. The molecular formula is C51H96O5. The summed E-state index contributed by atoms with van der Waals surface area (Å²) in [6, 6.07) is 0. The molecule has 0 aromatic carbocycles. The third-order valence-corrected chi connectivity index (χ3v) is 11.0. The van der Waals surface area contributed by atoms with Crippen LogP contribution in [0.4, 0.5) is 0 Å². The van der Waals surface area contributed by atoms with E-state index in [2.05, 4.69) is 45.1 Å². The summed E-state index contributed by atoms with van der Waals surface area (Å²) in [5.41, 5.74) is 0. The van der Waals surface area contributed by atoms with Gasteiger partial charge in [0.25, 0.3) is 0 Å². The maximum absolute atomic E-state index is 12.7. The average molecular weight is 789 g/mol. The number of hydrogen-bond donors (Lipinski definition) is 0. The van der Waals surface area contributed by atoms with Gasteiger partial charge in [0, 0.05) is 19.4 Å². The van der Waals surface area contributed by atoms with Crippen molar-refractivity contribution < 1.29 is 23.8 Å². The summed E-state index contributed by atoms with van der Waals surface area (Å²) < 4.78 is 17.4. The molecule has 0 heterocycles. The summed E-state index contributed by atoms with van der Waals surface area (Å²) in [5.74, 6) is -0.398. The van der Waals surface area contributed by atoms with Crippen LogP contribution < -0.4 is 0 Å². The van der Waals surface area contributed by atoms with E-state index in [4.69, 9.17) is 14.2 Å². The van der Waals surface area contributed by atoms with Crippen molar-refractivity contribution in [3.8, 4) is 0 Å². The number of allylic oxidation sites excluding steroid dienone is 4. The molecule has 5 heteroatoms. The van der Waals surface area contributed by atoms with Gasteiger partial charge in [0.2, 0.25) is 0 Å². The molecule has 0 aliphatic heterocycles. The molecule has 1 unspecified atom stereocenters. The fourth-order valence-electron chi connectivity index (χ4n) is 7.19. The molecule has 330 valence electrons. The van der Waals surface area contributed by atoms with Crippen LogP contribution in [0.2, 0.25) is 0 Å². The zero-order valence-electron chi connectivity index (χ0n) is 37.9. The Hall–Kier alpha value is -1.62. The predicted octanol–water partition coefficient (Wildman–Crippen LogP) is 16.5. The lowest BCUT2D eigenvalue weighted by Crippen LogP contribution is -2.30. The van der Waals surface area contributed by atoms with E-state index in [1.807, 2.05) is 0 Å². The Labute approximate surface area is 349 Å². The van der Waals surface area contributed by atoms with Crippen molar-refractivity contribution in [2.75, 3.05) is 19.8 Å². The number of rotatable bonds is 46. The number of esters is 2. The highest BCUT2D eigenvalue weighted by atomic mass is 16.6. The van der Waals surface area contributed by atoms with E-state index in [0.29, 0.717) is 19.4 Å². The number of carbonyl (C=O) groups is 2. The molecule has 0 aliphatic carbocycles. The highest BCUT2D eigenvalue weighted by molar-refractivity contribution is 5.70. The second-order valence-electron chi connectivity index (χ2n) is 16.7. The van der Waals surface area contributed by atoms with Crippen molar-refractivity contribution >= 4 is 11.9 Å². The monoisotopic (exact) mass is 789 g/mol. The van der Waals surface area contributed by atoms with Crippen LogP contribution in [-0.2, 0) is 23.8 Å². The summed E-state index contributed by atoms with van der Waals surface area (Å²) in [6.45, 7) is 7.80. The Morgan fingerprint density at radius 1 is 0.375 bits per heavy atom. The second kappa shape index (κ2) is 47.8. The summed E-state index contributed by atoms with van der Waals surface area (Å²) >= 11 is 0. The fraction of sp³-hybridized carbons (Fsp3) is 0.882. The molecule has 1 atom stereocenters. The summed E-state index contributed by atoms with van der Waals surface area (Å²) in [5, 5.41) is 0. The van der Waals surface area contributed by atoms with Gasteiger partial charge in [-0.1, -0.05) is 212 Å². The van der Waals surface area contributed by atoms with Crippen LogP contribution in [0.15, 0.2) is 24.3 Å². The Morgan fingerprint density at radius 2 is 0.714 bits per heavy atom. The third-order valence-electron chi connectivity index (χ3n) is 11.0. The fourth-order valence-corrected chi connectivity index (χ4v) is 7.19. The molecule has 0 aromatic heterocycles. The van der Waals surface area contributed by atoms with Gasteiger partial charge >= 0.3 is 11.9 Å². The van der Waals surface area contributed by atoms with E-state index in [0.717, 1.165) is 51.4 Å². The zero-order chi connectivity index (χ0) is 40.7. The van der Waals surface area contributed by atoms with E-state index in [1.54, 1.807) is 0 Å². The largest absolute Gasteiger partial charge is 0.462 e. The van der Waals surface area contributed by atoms with Crippen molar-refractivity contribution in [1.29, 1.82) is 0 Å². The number of unbranched alkanes of at least 4 members (excludes halogenated alkanes) is 31. The Kier molecular flexibility index (Phi) is 46.4. The van der Waals surface area contributed by atoms with Crippen LogP contribution in [0.1, 0.15) is 265 Å². The Morgan fingerprint density at radius 3 is 1.16 bits per heavy atom. The van der Waals surface area contributed by atoms with Gasteiger partial charge < -0.3 is 14.2 Å². The lowest BCUT2D eigenvalue weighted by molar-refractivity contribution is -0.163. The topological polar surface area (TPSA) is 61.8 Å². The highest BCUT2D eigenvalue weighted by Crippen LogP contribution is 2.15. The molecule has 0 spiro atoms. The maximum atomic E-state index is 12.7. The lowest BCUT2D eigenvalue weighted by Gasteiger charge is -2.18. The van der Waals surface area contributed by atoms with Gasteiger partial charge in [0.1, 0.15) is 6.61 Å². The van der Waals surface area contributed by atoms with E-state index in [9.17, 15) is 9.59 Å². The smallest absolute Gasteiger partial charge is 0.306 e. The van der Waals surface area contributed by atoms with E-state index >= 15 is 0 Å². The van der Waals surface area contributed by atoms with Crippen molar-refractivity contribution in [2.45, 2.75) is 271 Å². The SMILES string of the molecule is CCCC/C=C\CCCCCCCC(=O)OC(COCCCCCCCC/C=C\CCCCCC)COC(=O)CCCCCCCCCCCCCCCCC. The lowest BCUT2D eigenvalue weighted by atomic mass is 10.0. The minimum Gasteiger partial charge on any atom is -0.462 e. The summed E-state index contributed by atoms with van der Waals surface area (Å²) in [7, 11) is 0. The minimum absolute atomic E-state index is 0.0856. The summed E-state index contributed by atoms with van der Waals surface area (Å²) in [6.07, 6.45) is 54.6. The minimum atomic E-state index is -0.535. The molecule has 0 aromatic rings. The van der Waals surface area contributed by atoms with Gasteiger partial charge in [-0.3, -0.25) is 9.59 Å². The molecule has 0 radical (unpaired) electrons. The van der Waals surface area contributed by atoms with Gasteiger partial charge in [0.15, 0.2) is 6.10 Å². The van der Waals surface area contributed by atoms with Crippen LogP contribution in [0.3, 0.4) is 0 Å². The van der Waals surface area contributed by atoms with Crippen LogP contribution in [-0.4, -0.2) is 37.9 Å². The number of hydrogen-bond acceptors (Lipinski definition) is 5. The molecule has 0 fully saturated rings. The van der Waals surface area contributed by atoms with Crippen molar-refractivity contribution in [3.05, 3.63) is 24.3 Å². The first kappa shape index (κ1) is 54.4. The second-order valence-corrected chi connectivity index (χ2v) is 16.7. The highest BCUT2D eigenvalue weighted by Gasteiger charge is 2.17. The molecule has 0 N–H and O–H groups in total. The van der Waals surface area contributed by atoms with E-state index < -0.39 is 6.10 Å². The molecule has 0 rings (SSSR count). The van der Waals surface area contributed by atoms with Crippen molar-refractivity contribution in [1.82, 2.24) is 0 Å². The van der Waals surface area contributed by atoms with Crippen molar-refractivity contribution in [2.24, 2.45) is 0 Å². The summed E-state index contributed by atoms with van der Waals surface area (Å²) in [4.78, 5) is 25.3. The predicted molar refractivity (Wildman–Crippen MR) is 242 cm³/mol. The molecular weight excluding hydrogens is 693 g/mol. The first-order valence-corrected chi connectivity index (χ1v) is 24.9. The van der Waals surface area contributed by atoms with Crippen LogP contribution in [0.5, 0.6) is 0 Å². The Balaban J connectivity index is 4.21. The quantitative estimate of drug-likeness (QED) is 0.0349. The van der Waals surface area contributed by atoms with Crippen LogP contribution in [0, 0.1) is 0 Å². The van der Waals surface area contributed by atoms with Crippen LogP contribution in [0.25, 0.3) is 0 Å². The van der Waals surface area contributed by atoms with Gasteiger partial charge in [-0.15, -0.1) is 0 Å². The van der Waals surface area contributed by atoms with Crippen molar-refractivity contribution in [3.63, 3.8) is 0 Å². The first-order chi connectivity index (χ1) is 27.6. The maximum Gasteiger partial charge on any atom is 0.306 e. The van der Waals surface area contributed by atoms with E-state index in [-0.39, 0.29) is 25.2 Å². The molecule has 0 aliphatic rings. The standard InChI is InChI=1S/C51H96O5/c1-4-7-10-13-16-19-22-24-26-27-30-32-35-38-41-44-50(52)55-48-49(56-51(53)45-42-39-36-33-29-21-18-15-12-9-6-3)47-54-46-43-40-37-34-31-28-25-23-20-17-14-11-8-5-2/h15,18,20,23,49H,4-14,16-17,19,21-22,24-48H2,1-3H3/b18-15-,23-20-. The Bertz CT molecular complexity index is 851. The molecule has 56 heavy (non-hydrogen) atoms. The van der Waals surface area contributed by atoms with Gasteiger partial charge in [-0.05, 0) is 64.2 Å². The van der Waals surface area contributed by atoms with Gasteiger partial charge in [0.05, 0.1) is 6.61 Å². The van der Waals surface area contributed by atoms with Gasteiger partial charge in [-0.25, -0.2) is 0 Å². The number of ether oxygens (including phenoxy) is 3. The first-order valence-electron chi connectivity index (χ1n) is 24.9. The molecule has 5 nitrogen and oxygen atoms in total. The molecule has 0 saturated heterocycles. The van der Waals surface area contributed by atoms with E-state index in [1.165, 1.54) is 180 Å². The third kappa shape index (κ3) is 45.1. The van der Waals surface area contributed by atoms with Gasteiger partial charge in [-0.2, -0.15) is 0 Å². The normalized spacial score (nSPS) is 12.3. The van der Waals surface area contributed by atoms with Crippen LogP contribution >= 0.6 is 0 Å². The number of carbonyl (C=O) groups excluding carboxylic acids is 2. The molecule has 0 bridgehead atoms. The average Bonchev–Trinajstić information content (AvgIpc) is 3.20. The molecule has 0 saturated carbocycles.